The third-order valence-electron chi connectivity index (χ3n) is 4.03. The second-order valence-electron chi connectivity index (χ2n) is 6.42. The molecule has 140 valence electrons. The Morgan fingerprint density at radius 3 is 2.12 bits per heavy atom. The largest absolute Gasteiger partial charge is 0.321 e. The van der Waals surface area contributed by atoms with Crippen molar-refractivity contribution >= 4 is 21.6 Å². The van der Waals surface area contributed by atoms with Gasteiger partial charge in [-0.25, -0.2) is 13.1 Å². The first-order valence-corrected chi connectivity index (χ1v) is 10.3. The van der Waals surface area contributed by atoms with E-state index in [9.17, 15) is 13.2 Å². The highest BCUT2D eigenvalue weighted by molar-refractivity contribution is 7.89. The summed E-state index contributed by atoms with van der Waals surface area (Å²) in [6.45, 7) is 7.58. The topological polar surface area (TPSA) is 75.3 Å². The molecule has 0 atom stereocenters. The fourth-order valence-corrected chi connectivity index (χ4v) is 4.07. The van der Waals surface area contributed by atoms with Crippen LogP contribution in [-0.4, -0.2) is 20.4 Å². The van der Waals surface area contributed by atoms with Gasteiger partial charge in [-0.05, 0) is 56.0 Å². The number of aryl methyl sites for hydroxylation is 2. The second-order valence-corrected chi connectivity index (χ2v) is 8.13. The van der Waals surface area contributed by atoms with Gasteiger partial charge in [-0.3, -0.25) is 4.79 Å². The molecule has 2 N–H and O–H groups in total. The van der Waals surface area contributed by atoms with Crippen molar-refractivity contribution in [3.63, 3.8) is 0 Å². The van der Waals surface area contributed by atoms with E-state index in [4.69, 9.17) is 0 Å². The van der Waals surface area contributed by atoms with Crippen molar-refractivity contribution in [2.24, 2.45) is 0 Å². The number of hydrogen-bond donors (Lipinski definition) is 2. The van der Waals surface area contributed by atoms with E-state index < -0.39 is 10.0 Å². The van der Waals surface area contributed by atoms with Gasteiger partial charge in [0.2, 0.25) is 10.0 Å². The molecule has 5 nitrogen and oxygen atoms in total. The fourth-order valence-electron chi connectivity index (χ4n) is 2.77. The first kappa shape index (κ1) is 20.1. The lowest BCUT2D eigenvalue weighted by Gasteiger charge is -2.15. The Kier molecular flexibility index (Phi) is 6.56. The summed E-state index contributed by atoms with van der Waals surface area (Å²) in [5.74, 6) is -0.317. The summed E-state index contributed by atoms with van der Waals surface area (Å²) in [7, 11) is -3.64. The van der Waals surface area contributed by atoms with Gasteiger partial charge in [-0.15, -0.1) is 0 Å². The summed E-state index contributed by atoms with van der Waals surface area (Å²) in [4.78, 5) is 12.8. The molecule has 26 heavy (non-hydrogen) atoms. The third-order valence-corrected chi connectivity index (χ3v) is 5.69. The van der Waals surface area contributed by atoms with Gasteiger partial charge in [0.25, 0.3) is 5.91 Å². The summed E-state index contributed by atoms with van der Waals surface area (Å²) in [6.07, 6.45) is 1.60. The standard InChI is InChI=1S/C20H26N2O3S/c1-5-15-9-7-10-16(6-2)19(15)21-20(23)17-11-8-12-18(13-17)26(24,25)22-14(3)4/h7-14,22H,5-6H2,1-4H3,(H,21,23). The number of amides is 1. The Morgan fingerprint density at radius 1 is 1.00 bits per heavy atom. The van der Waals surface area contributed by atoms with Crippen LogP contribution in [0.3, 0.4) is 0 Å². The minimum Gasteiger partial charge on any atom is -0.321 e. The summed E-state index contributed by atoms with van der Waals surface area (Å²) >= 11 is 0. The van der Waals surface area contributed by atoms with Crippen LogP contribution in [0.5, 0.6) is 0 Å². The SMILES string of the molecule is CCc1cccc(CC)c1NC(=O)c1cccc(S(=O)(=O)NC(C)C)c1. The summed E-state index contributed by atoms with van der Waals surface area (Å²) in [6, 6.07) is 11.8. The average Bonchev–Trinajstić information content (AvgIpc) is 2.60. The van der Waals surface area contributed by atoms with E-state index >= 15 is 0 Å². The van der Waals surface area contributed by atoms with Gasteiger partial charge in [-0.1, -0.05) is 38.1 Å². The molecule has 0 saturated carbocycles. The highest BCUT2D eigenvalue weighted by Gasteiger charge is 2.18. The van der Waals surface area contributed by atoms with Crippen molar-refractivity contribution in [3.8, 4) is 0 Å². The van der Waals surface area contributed by atoms with Gasteiger partial charge in [0.15, 0.2) is 0 Å². The van der Waals surface area contributed by atoms with Gasteiger partial charge in [0.1, 0.15) is 0 Å². The minimum absolute atomic E-state index is 0.0818. The number of anilines is 1. The minimum atomic E-state index is -3.64. The quantitative estimate of drug-likeness (QED) is 0.775. The highest BCUT2D eigenvalue weighted by Crippen LogP contribution is 2.23. The van der Waals surface area contributed by atoms with Crippen LogP contribution in [-0.2, 0) is 22.9 Å². The van der Waals surface area contributed by atoms with Gasteiger partial charge in [0, 0.05) is 17.3 Å². The number of hydrogen-bond acceptors (Lipinski definition) is 3. The highest BCUT2D eigenvalue weighted by atomic mass is 32.2. The molecule has 0 aliphatic carbocycles. The second kappa shape index (κ2) is 8.47. The molecule has 0 unspecified atom stereocenters. The molecule has 0 aromatic heterocycles. The molecule has 0 bridgehead atoms. The molecule has 0 fully saturated rings. The van der Waals surface area contributed by atoms with Gasteiger partial charge >= 0.3 is 0 Å². The Bertz CT molecular complexity index is 867. The maximum atomic E-state index is 12.7. The fraction of sp³-hybridized carbons (Fsp3) is 0.350. The predicted molar refractivity (Wildman–Crippen MR) is 105 cm³/mol. The molecule has 0 radical (unpaired) electrons. The normalized spacial score (nSPS) is 11.6. The Hall–Kier alpha value is -2.18. The van der Waals surface area contributed by atoms with Crippen LogP contribution in [0, 0.1) is 0 Å². The van der Waals surface area contributed by atoms with Crippen LogP contribution >= 0.6 is 0 Å². The van der Waals surface area contributed by atoms with Crippen molar-refractivity contribution in [1.29, 1.82) is 0 Å². The molecular weight excluding hydrogens is 348 g/mol. The lowest BCUT2D eigenvalue weighted by Crippen LogP contribution is -2.30. The van der Waals surface area contributed by atoms with E-state index in [0.29, 0.717) is 5.56 Å². The monoisotopic (exact) mass is 374 g/mol. The summed E-state index contributed by atoms with van der Waals surface area (Å²) in [5.41, 5.74) is 3.24. The number of para-hydroxylation sites is 1. The van der Waals surface area contributed by atoms with Gasteiger partial charge in [-0.2, -0.15) is 0 Å². The summed E-state index contributed by atoms with van der Waals surface area (Å²) in [5, 5.41) is 2.96. The number of carbonyl (C=O) groups excluding carboxylic acids is 1. The molecule has 2 aromatic carbocycles. The lowest BCUT2D eigenvalue weighted by molar-refractivity contribution is 0.102. The van der Waals surface area contributed by atoms with Crippen molar-refractivity contribution in [2.75, 3.05) is 5.32 Å². The maximum Gasteiger partial charge on any atom is 0.255 e. The molecule has 6 heteroatoms. The molecule has 0 aliphatic rings. The van der Waals surface area contributed by atoms with E-state index in [0.717, 1.165) is 29.7 Å². The molecule has 0 spiro atoms. The van der Waals surface area contributed by atoms with Crippen LogP contribution < -0.4 is 10.0 Å². The third kappa shape index (κ3) is 4.71. The Labute approximate surface area is 155 Å². The first-order valence-electron chi connectivity index (χ1n) is 8.83. The number of nitrogens with one attached hydrogen (secondary N) is 2. The van der Waals surface area contributed by atoms with E-state index in [1.54, 1.807) is 26.0 Å². The van der Waals surface area contributed by atoms with Crippen LogP contribution in [0.1, 0.15) is 49.2 Å². The smallest absolute Gasteiger partial charge is 0.255 e. The van der Waals surface area contributed by atoms with Gasteiger partial charge < -0.3 is 5.32 Å². The number of carbonyl (C=O) groups is 1. The predicted octanol–water partition coefficient (Wildman–Crippen LogP) is 3.75. The first-order chi connectivity index (χ1) is 12.3. The molecule has 2 rings (SSSR count). The zero-order valence-electron chi connectivity index (χ0n) is 15.7. The van der Waals surface area contributed by atoms with E-state index in [2.05, 4.69) is 10.0 Å². The molecule has 0 saturated heterocycles. The van der Waals surface area contributed by atoms with E-state index in [1.807, 2.05) is 32.0 Å². The maximum absolute atomic E-state index is 12.7. The number of rotatable bonds is 7. The zero-order valence-corrected chi connectivity index (χ0v) is 16.5. The van der Waals surface area contributed by atoms with Crippen LogP contribution in [0.4, 0.5) is 5.69 Å². The average molecular weight is 375 g/mol. The Morgan fingerprint density at radius 2 is 1.58 bits per heavy atom. The Balaban J connectivity index is 2.34. The van der Waals surface area contributed by atoms with Crippen molar-refractivity contribution in [3.05, 3.63) is 59.2 Å². The molecule has 1 amide bonds. The van der Waals surface area contributed by atoms with Crippen LogP contribution in [0.25, 0.3) is 0 Å². The zero-order chi connectivity index (χ0) is 19.3. The van der Waals surface area contributed by atoms with Crippen LogP contribution in [0.2, 0.25) is 0 Å². The summed E-state index contributed by atoms with van der Waals surface area (Å²) < 4.78 is 27.2. The molecule has 0 heterocycles. The van der Waals surface area contributed by atoms with E-state index in [-0.39, 0.29) is 16.8 Å². The van der Waals surface area contributed by atoms with Crippen LogP contribution in [0.15, 0.2) is 47.4 Å². The van der Waals surface area contributed by atoms with Crippen molar-refractivity contribution in [1.82, 2.24) is 4.72 Å². The molecule has 2 aromatic rings. The number of benzene rings is 2. The van der Waals surface area contributed by atoms with Crippen molar-refractivity contribution in [2.45, 2.75) is 51.5 Å². The van der Waals surface area contributed by atoms with Gasteiger partial charge in [0.05, 0.1) is 4.90 Å². The van der Waals surface area contributed by atoms with E-state index in [1.165, 1.54) is 12.1 Å². The molecule has 0 aliphatic heterocycles. The molecular formula is C20H26N2O3S. The lowest BCUT2D eigenvalue weighted by atomic mass is 10.0. The number of sulfonamides is 1. The van der Waals surface area contributed by atoms with Crippen molar-refractivity contribution < 1.29 is 13.2 Å².